The molecule has 0 atom stereocenters. The van der Waals surface area contributed by atoms with Crippen molar-refractivity contribution in [1.29, 1.82) is 0 Å². The van der Waals surface area contributed by atoms with Crippen LogP contribution in [0.25, 0.3) is 0 Å². The molecule has 0 bridgehead atoms. The maximum Gasteiger partial charge on any atom is 0.0158 e. The van der Waals surface area contributed by atoms with Crippen LogP contribution in [0.4, 0.5) is 0 Å². The van der Waals surface area contributed by atoms with Gasteiger partial charge in [0.2, 0.25) is 0 Å². The van der Waals surface area contributed by atoms with E-state index in [1.165, 1.54) is 0 Å². The van der Waals surface area contributed by atoms with Gasteiger partial charge in [-0.1, -0.05) is 6.92 Å². The Labute approximate surface area is 50.0 Å². The lowest BCUT2D eigenvalue weighted by atomic mass is 10.0. The summed E-state index contributed by atoms with van der Waals surface area (Å²) < 4.78 is 0. The molecule has 0 aliphatic rings. The van der Waals surface area contributed by atoms with Crippen molar-refractivity contribution in [3.8, 4) is 0 Å². The molecule has 0 amide bonds. The van der Waals surface area contributed by atoms with Crippen LogP contribution in [0.3, 0.4) is 0 Å². The molecule has 3 heteroatoms. The second-order valence-electron chi connectivity index (χ2n) is 2.49. The van der Waals surface area contributed by atoms with Gasteiger partial charge in [-0.3, -0.25) is 5.84 Å². The first-order valence-electron chi connectivity index (χ1n) is 2.73. The summed E-state index contributed by atoms with van der Waals surface area (Å²) in [4.78, 5) is 0. The molecule has 8 heavy (non-hydrogen) atoms. The molecule has 0 saturated carbocycles. The van der Waals surface area contributed by atoms with Gasteiger partial charge in [-0.15, -0.1) is 0 Å². The second kappa shape index (κ2) is 2.44. The third-order valence-electron chi connectivity index (χ3n) is 1.46. The minimum atomic E-state index is -0.403. The number of hydroxylamine groups is 1. The van der Waals surface area contributed by atoms with Gasteiger partial charge >= 0.3 is 0 Å². The van der Waals surface area contributed by atoms with E-state index in [4.69, 9.17) is 5.84 Å². The summed E-state index contributed by atoms with van der Waals surface area (Å²) in [5.74, 6) is 4.96. The fourth-order valence-electron chi connectivity index (χ4n) is 0.156. The lowest BCUT2D eigenvalue weighted by Crippen LogP contribution is -2.43. The first kappa shape index (κ1) is 7.88. The van der Waals surface area contributed by atoms with Crippen molar-refractivity contribution in [2.24, 2.45) is 5.84 Å². The van der Waals surface area contributed by atoms with Gasteiger partial charge in [0.1, 0.15) is 0 Å². The molecule has 0 saturated heterocycles. The summed E-state index contributed by atoms with van der Waals surface area (Å²) in [5.41, 5.74) is -0.403. The maximum absolute atomic E-state index is 10.4. The minimum Gasteiger partial charge on any atom is -0.771 e. The smallest absolute Gasteiger partial charge is 0.0158 e. The number of nitrogens with zero attached hydrogens (tertiary/aromatic N) is 1. The molecule has 50 valence electrons. The van der Waals surface area contributed by atoms with Crippen molar-refractivity contribution in [1.82, 2.24) is 5.17 Å². The molecule has 0 fully saturated rings. The van der Waals surface area contributed by atoms with Crippen LogP contribution in [0, 0.1) is 5.21 Å². The topological polar surface area (TPSA) is 52.3 Å². The number of nitrogens with two attached hydrogens (primary N) is 1. The van der Waals surface area contributed by atoms with Gasteiger partial charge < -0.3 is 10.4 Å². The Morgan fingerprint density at radius 2 is 2.00 bits per heavy atom. The van der Waals surface area contributed by atoms with Crippen LogP contribution in [-0.4, -0.2) is 10.7 Å². The Kier molecular flexibility index (Phi) is 2.40. The SMILES string of the molecule is CCC(C)(C)N(N)[O-]. The molecule has 0 rings (SSSR count). The molecule has 0 aromatic rings. The Hall–Kier alpha value is -0.120. The van der Waals surface area contributed by atoms with Gasteiger partial charge in [-0.05, 0) is 20.3 Å². The van der Waals surface area contributed by atoms with Crippen molar-refractivity contribution >= 4 is 0 Å². The molecule has 0 aliphatic carbocycles. The molecular formula is C5H13N2O-. The van der Waals surface area contributed by atoms with E-state index in [1.54, 1.807) is 13.8 Å². The quantitative estimate of drug-likeness (QED) is 0.431. The number of hydrogen-bond donors (Lipinski definition) is 1. The van der Waals surface area contributed by atoms with Crippen LogP contribution in [0.5, 0.6) is 0 Å². The lowest BCUT2D eigenvalue weighted by molar-refractivity contribution is 0.183. The Bertz CT molecular complexity index is 70.8. The van der Waals surface area contributed by atoms with E-state index in [0.29, 0.717) is 5.17 Å². The third kappa shape index (κ3) is 1.78. The van der Waals surface area contributed by atoms with E-state index in [1.807, 2.05) is 6.92 Å². The fraction of sp³-hybridized carbons (Fsp3) is 1.00. The predicted octanol–water partition coefficient (Wildman–Crippen LogP) is 0.849. The van der Waals surface area contributed by atoms with E-state index >= 15 is 0 Å². The van der Waals surface area contributed by atoms with Crippen molar-refractivity contribution < 1.29 is 0 Å². The van der Waals surface area contributed by atoms with Crippen molar-refractivity contribution in [3.05, 3.63) is 5.21 Å². The van der Waals surface area contributed by atoms with Gasteiger partial charge in [0.05, 0.1) is 0 Å². The zero-order valence-corrected chi connectivity index (χ0v) is 5.64. The lowest BCUT2D eigenvalue weighted by Gasteiger charge is -2.39. The van der Waals surface area contributed by atoms with Crippen LogP contribution in [0.1, 0.15) is 27.2 Å². The zero-order valence-electron chi connectivity index (χ0n) is 5.64. The molecule has 0 aliphatic heterocycles. The summed E-state index contributed by atoms with van der Waals surface area (Å²) in [5, 5.41) is 10.9. The second-order valence-corrected chi connectivity index (χ2v) is 2.49. The summed E-state index contributed by atoms with van der Waals surface area (Å²) >= 11 is 0. The zero-order chi connectivity index (χ0) is 6.78. The fourth-order valence-corrected chi connectivity index (χ4v) is 0.156. The molecule has 0 aromatic carbocycles. The summed E-state index contributed by atoms with van der Waals surface area (Å²) in [6.45, 7) is 5.54. The van der Waals surface area contributed by atoms with Gasteiger partial charge in [0.15, 0.2) is 0 Å². The van der Waals surface area contributed by atoms with Crippen molar-refractivity contribution in [2.75, 3.05) is 0 Å². The number of hydrogen-bond acceptors (Lipinski definition) is 3. The van der Waals surface area contributed by atoms with Gasteiger partial charge in [-0.2, -0.15) is 0 Å². The normalized spacial score (nSPS) is 12.8. The summed E-state index contributed by atoms with van der Waals surface area (Å²) in [6, 6.07) is 0. The van der Waals surface area contributed by atoms with Crippen molar-refractivity contribution in [3.63, 3.8) is 0 Å². The van der Waals surface area contributed by atoms with Gasteiger partial charge in [-0.25, -0.2) is 0 Å². The number of hydrazine groups is 1. The Balaban J connectivity index is 3.71. The first-order valence-corrected chi connectivity index (χ1v) is 2.73. The highest BCUT2D eigenvalue weighted by Gasteiger charge is 2.12. The van der Waals surface area contributed by atoms with E-state index in [9.17, 15) is 5.21 Å². The average Bonchev–Trinajstić information content (AvgIpc) is 1.67. The van der Waals surface area contributed by atoms with Crippen LogP contribution in [0.15, 0.2) is 0 Å². The molecular weight excluding hydrogens is 104 g/mol. The van der Waals surface area contributed by atoms with E-state index < -0.39 is 5.54 Å². The monoisotopic (exact) mass is 117 g/mol. The Morgan fingerprint density at radius 1 is 1.62 bits per heavy atom. The van der Waals surface area contributed by atoms with E-state index in [-0.39, 0.29) is 0 Å². The molecule has 0 heterocycles. The standard InChI is InChI=1S/C5H13N2O/c1-4-5(2,3)7(6)8/h4,6H2,1-3H3/q-1. The largest absolute Gasteiger partial charge is 0.771 e. The average molecular weight is 117 g/mol. The number of rotatable bonds is 2. The molecule has 0 radical (unpaired) electrons. The van der Waals surface area contributed by atoms with Crippen LogP contribution >= 0.6 is 0 Å². The summed E-state index contributed by atoms with van der Waals surface area (Å²) in [7, 11) is 0. The molecule has 0 spiro atoms. The minimum absolute atomic E-state index is 0.403. The van der Waals surface area contributed by atoms with Gasteiger partial charge in [0.25, 0.3) is 0 Å². The molecule has 0 unspecified atom stereocenters. The van der Waals surface area contributed by atoms with E-state index in [0.717, 1.165) is 6.42 Å². The van der Waals surface area contributed by atoms with E-state index in [2.05, 4.69) is 0 Å². The predicted molar refractivity (Wildman–Crippen MR) is 33.8 cm³/mol. The third-order valence-corrected chi connectivity index (χ3v) is 1.46. The maximum atomic E-state index is 10.4. The molecule has 3 nitrogen and oxygen atoms in total. The summed E-state index contributed by atoms with van der Waals surface area (Å²) in [6.07, 6.45) is 0.771. The van der Waals surface area contributed by atoms with Gasteiger partial charge in [0, 0.05) is 5.54 Å². The van der Waals surface area contributed by atoms with Crippen molar-refractivity contribution in [2.45, 2.75) is 32.7 Å². The highest BCUT2D eigenvalue weighted by atomic mass is 16.5. The van der Waals surface area contributed by atoms with Crippen LogP contribution < -0.4 is 5.84 Å². The van der Waals surface area contributed by atoms with Crippen LogP contribution in [-0.2, 0) is 0 Å². The molecule has 0 aromatic heterocycles. The van der Waals surface area contributed by atoms with Crippen LogP contribution in [0.2, 0.25) is 0 Å². The Morgan fingerprint density at radius 3 is 2.00 bits per heavy atom. The molecule has 2 N–H and O–H groups in total. The highest BCUT2D eigenvalue weighted by molar-refractivity contribution is 4.75. The highest BCUT2D eigenvalue weighted by Crippen LogP contribution is 2.11. The first-order chi connectivity index (χ1) is 3.50.